The topological polar surface area (TPSA) is 62.8 Å². The molecule has 1 aromatic carbocycles. The van der Waals surface area contributed by atoms with Gasteiger partial charge in [-0.25, -0.2) is 0 Å². The van der Waals surface area contributed by atoms with Crippen LogP contribution in [0.5, 0.6) is 0 Å². The molecule has 2 atom stereocenters. The van der Waals surface area contributed by atoms with Gasteiger partial charge < -0.3 is 20.1 Å². The van der Waals surface area contributed by atoms with Crippen molar-refractivity contribution in [2.24, 2.45) is 0 Å². The van der Waals surface area contributed by atoms with Crippen LogP contribution in [0, 0.1) is 0 Å². The molecule has 2 aliphatic rings. The number of carbonyl (C=O) groups excluding carboxylic acids is 1. The monoisotopic (exact) mass is 333 g/mol. The summed E-state index contributed by atoms with van der Waals surface area (Å²) in [4.78, 5) is 14.6. The molecule has 2 unspecified atom stereocenters. The largest absolute Gasteiger partial charge is 0.379 e. The van der Waals surface area contributed by atoms with Gasteiger partial charge in [0, 0.05) is 43.8 Å². The summed E-state index contributed by atoms with van der Waals surface area (Å²) in [5, 5.41) is 6.31. The molecule has 2 saturated heterocycles. The third-order valence-electron chi connectivity index (χ3n) is 4.68. The summed E-state index contributed by atoms with van der Waals surface area (Å²) in [6, 6.07) is 8.56. The van der Waals surface area contributed by atoms with Crippen LogP contribution in [0.25, 0.3) is 0 Å². The fourth-order valence-electron chi connectivity index (χ4n) is 3.24. The van der Waals surface area contributed by atoms with Crippen molar-refractivity contribution >= 4 is 11.6 Å². The fourth-order valence-corrected chi connectivity index (χ4v) is 3.24. The average molecular weight is 333 g/mol. The predicted octanol–water partition coefficient (Wildman–Crippen LogP) is 1.40. The summed E-state index contributed by atoms with van der Waals surface area (Å²) in [5.74, 6) is 0.0224. The highest BCUT2D eigenvalue weighted by atomic mass is 16.5. The van der Waals surface area contributed by atoms with Gasteiger partial charge in [-0.15, -0.1) is 0 Å². The molecule has 0 spiro atoms. The van der Waals surface area contributed by atoms with Crippen LogP contribution in [0.1, 0.15) is 24.9 Å². The molecule has 6 nitrogen and oxygen atoms in total. The molecule has 0 radical (unpaired) electrons. The minimum absolute atomic E-state index is 0.0224. The molecule has 6 heteroatoms. The van der Waals surface area contributed by atoms with Crippen molar-refractivity contribution < 1.29 is 14.3 Å². The Morgan fingerprint density at radius 3 is 2.92 bits per heavy atom. The Balaban J connectivity index is 1.56. The highest BCUT2D eigenvalue weighted by molar-refractivity contribution is 5.91. The molecule has 0 bridgehead atoms. The zero-order valence-electron chi connectivity index (χ0n) is 14.3. The normalized spacial score (nSPS) is 23.6. The molecule has 2 aliphatic heterocycles. The average Bonchev–Trinajstić information content (AvgIpc) is 2.63. The first-order valence-corrected chi connectivity index (χ1v) is 8.75. The van der Waals surface area contributed by atoms with Gasteiger partial charge in [0.2, 0.25) is 5.91 Å². The smallest absolute Gasteiger partial charge is 0.226 e. The number of nitrogens with zero attached hydrogens (tertiary/aromatic N) is 1. The lowest BCUT2D eigenvalue weighted by molar-refractivity contribution is -0.117. The Bertz CT molecular complexity index is 540. The molecule has 2 fully saturated rings. The Hall–Kier alpha value is -1.47. The zero-order valence-corrected chi connectivity index (χ0v) is 14.3. The van der Waals surface area contributed by atoms with E-state index >= 15 is 0 Å². The zero-order chi connectivity index (χ0) is 16.8. The Kier molecular flexibility index (Phi) is 6.20. The SMILES string of the molecule is CC(c1cccc(NC(=O)CC2COCCN2)c1)N1CCOCC1. The minimum Gasteiger partial charge on any atom is -0.379 e. The van der Waals surface area contributed by atoms with Gasteiger partial charge in [0.15, 0.2) is 0 Å². The van der Waals surface area contributed by atoms with Crippen LogP contribution >= 0.6 is 0 Å². The van der Waals surface area contributed by atoms with Crippen LogP contribution < -0.4 is 10.6 Å². The van der Waals surface area contributed by atoms with Crippen molar-refractivity contribution in [2.45, 2.75) is 25.4 Å². The van der Waals surface area contributed by atoms with Crippen molar-refractivity contribution in [2.75, 3.05) is 51.4 Å². The molecule has 2 heterocycles. The number of hydrogen-bond acceptors (Lipinski definition) is 5. The summed E-state index contributed by atoms with van der Waals surface area (Å²) >= 11 is 0. The van der Waals surface area contributed by atoms with Gasteiger partial charge in [0.05, 0.1) is 26.4 Å². The van der Waals surface area contributed by atoms with E-state index in [9.17, 15) is 4.79 Å². The van der Waals surface area contributed by atoms with Crippen molar-refractivity contribution in [1.29, 1.82) is 0 Å². The fraction of sp³-hybridized carbons (Fsp3) is 0.611. The molecule has 24 heavy (non-hydrogen) atoms. The lowest BCUT2D eigenvalue weighted by atomic mass is 10.1. The van der Waals surface area contributed by atoms with Crippen molar-refractivity contribution in [1.82, 2.24) is 10.2 Å². The van der Waals surface area contributed by atoms with Crippen LogP contribution in [0.4, 0.5) is 5.69 Å². The number of hydrogen-bond donors (Lipinski definition) is 2. The molecule has 2 N–H and O–H groups in total. The Morgan fingerprint density at radius 2 is 2.17 bits per heavy atom. The van der Waals surface area contributed by atoms with Crippen LogP contribution in [0.3, 0.4) is 0 Å². The number of benzene rings is 1. The van der Waals surface area contributed by atoms with Crippen molar-refractivity contribution in [3.05, 3.63) is 29.8 Å². The van der Waals surface area contributed by atoms with Crippen LogP contribution in [0.2, 0.25) is 0 Å². The van der Waals surface area contributed by atoms with E-state index in [0.29, 0.717) is 19.1 Å². The standard InChI is InChI=1S/C18H27N3O3/c1-14(21-6-9-23-10-7-21)15-3-2-4-16(11-15)20-18(22)12-17-13-24-8-5-19-17/h2-4,11,14,17,19H,5-10,12-13H2,1H3,(H,20,22). The molecule has 1 aromatic rings. The van der Waals surface area contributed by atoms with Crippen LogP contribution in [-0.4, -0.2) is 62.9 Å². The number of amides is 1. The summed E-state index contributed by atoms with van der Waals surface area (Å²) < 4.78 is 10.8. The van der Waals surface area contributed by atoms with Gasteiger partial charge in [-0.3, -0.25) is 9.69 Å². The Morgan fingerprint density at radius 1 is 1.33 bits per heavy atom. The van der Waals surface area contributed by atoms with E-state index in [1.165, 1.54) is 5.56 Å². The maximum absolute atomic E-state index is 12.2. The molecular weight excluding hydrogens is 306 g/mol. The maximum atomic E-state index is 12.2. The first kappa shape index (κ1) is 17.4. The van der Waals surface area contributed by atoms with E-state index in [1.54, 1.807) is 0 Å². The predicted molar refractivity (Wildman–Crippen MR) is 93.1 cm³/mol. The molecule has 0 aliphatic carbocycles. The van der Waals surface area contributed by atoms with E-state index in [2.05, 4.69) is 34.6 Å². The lowest BCUT2D eigenvalue weighted by Crippen LogP contribution is -2.43. The molecule has 0 saturated carbocycles. The second-order valence-corrected chi connectivity index (χ2v) is 6.43. The van der Waals surface area contributed by atoms with E-state index < -0.39 is 0 Å². The number of morpholine rings is 2. The van der Waals surface area contributed by atoms with E-state index in [4.69, 9.17) is 9.47 Å². The van der Waals surface area contributed by atoms with E-state index in [-0.39, 0.29) is 11.9 Å². The molecule has 1 amide bonds. The highest BCUT2D eigenvalue weighted by Gasteiger charge is 2.20. The number of carbonyl (C=O) groups is 1. The van der Waals surface area contributed by atoms with Crippen molar-refractivity contribution in [3.63, 3.8) is 0 Å². The maximum Gasteiger partial charge on any atom is 0.226 e. The first-order valence-electron chi connectivity index (χ1n) is 8.75. The van der Waals surface area contributed by atoms with E-state index in [0.717, 1.165) is 45.1 Å². The summed E-state index contributed by atoms with van der Waals surface area (Å²) in [6.45, 7) is 7.81. The molecule has 3 rings (SSSR count). The molecule has 0 aromatic heterocycles. The lowest BCUT2D eigenvalue weighted by Gasteiger charge is -2.32. The van der Waals surface area contributed by atoms with Crippen LogP contribution in [-0.2, 0) is 14.3 Å². The second-order valence-electron chi connectivity index (χ2n) is 6.43. The van der Waals surface area contributed by atoms with E-state index in [1.807, 2.05) is 12.1 Å². The summed E-state index contributed by atoms with van der Waals surface area (Å²) in [6.07, 6.45) is 0.434. The second kappa shape index (κ2) is 8.58. The van der Waals surface area contributed by atoms with Crippen LogP contribution in [0.15, 0.2) is 24.3 Å². The third kappa shape index (κ3) is 4.77. The molecule has 132 valence electrons. The van der Waals surface area contributed by atoms with Gasteiger partial charge in [0.25, 0.3) is 0 Å². The van der Waals surface area contributed by atoms with Gasteiger partial charge in [-0.05, 0) is 24.6 Å². The summed E-state index contributed by atoms with van der Waals surface area (Å²) in [5.41, 5.74) is 2.07. The van der Waals surface area contributed by atoms with Gasteiger partial charge in [-0.2, -0.15) is 0 Å². The van der Waals surface area contributed by atoms with Gasteiger partial charge >= 0.3 is 0 Å². The highest BCUT2D eigenvalue weighted by Crippen LogP contribution is 2.23. The molecular formula is C18H27N3O3. The quantitative estimate of drug-likeness (QED) is 0.853. The number of nitrogens with one attached hydrogen (secondary N) is 2. The number of anilines is 1. The Labute approximate surface area is 143 Å². The number of ether oxygens (including phenoxy) is 2. The van der Waals surface area contributed by atoms with Gasteiger partial charge in [0.1, 0.15) is 0 Å². The summed E-state index contributed by atoms with van der Waals surface area (Å²) in [7, 11) is 0. The first-order chi connectivity index (χ1) is 11.7. The minimum atomic E-state index is 0.0224. The van der Waals surface area contributed by atoms with Gasteiger partial charge in [-0.1, -0.05) is 12.1 Å². The third-order valence-corrected chi connectivity index (χ3v) is 4.68. The van der Waals surface area contributed by atoms with Crippen molar-refractivity contribution in [3.8, 4) is 0 Å². The number of rotatable bonds is 5.